The van der Waals surface area contributed by atoms with Gasteiger partial charge in [0.15, 0.2) is 6.61 Å². The Kier molecular flexibility index (Phi) is 7.81. The SMILES string of the molecule is COc1ccc(Cl)cc1NC(=O)COC(=O)CNS(=O)(=O)c1cccc(Br)c1. The number of ether oxygens (including phenoxy) is 2. The van der Waals surface area contributed by atoms with Crippen LogP contribution in [-0.4, -0.2) is 40.6 Å². The zero-order chi connectivity index (χ0) is 20.7. The molecule has 11 heteroatoms. The van der Waals surface area contributed by atoms with E-state index in [9.17, 15) is 18.0 Å². The fourth-order valence-corrected chi connectivity index (χ4v) is 3.77. The van der Waals surface area contributed by atoms with Gasteiger partial charge in [0.25, 0.3) is 5.91 Å². The summed E-state index contributed by atoms with van der Waals surface area (Å²) in [5.41, 5.74) is 0.311. The van der Waals surface area contributed by atoms with E-state index in [1.807, 2.05) is 0 Å². The van der Waals surface area contributed by atoms with E-state index in [2.05, 4.69) is 26.0 Å². The van der Waals surface area contributed by atoms with Gasteiger partial charge in [-0.2, -0.15) is 4.72 Å². The van der Waals surface area contributed by atoms with Gasteiger partial charge in [-0.05, 0) is 36.4 Å². The third-order valence-corrected chi connectivity index (χ3v) is 5.44. The minimum absolute atomic E-state index is 0.0135. The maximum atomic E-state index is 12.1. The highest BCUT2D eigenvalue weighted by Crippen LogP contribution is 2.27. The second kappa shape index (κ2) is 9.87. The Morgan fingerprint density at radius 2 is 1.93 bits per heavy atom. The number of hydrogen-bond donors (Lipinski definition) is 2. The topological polar surface area (TPSA) is 111 Å². The Balaban J connectivity index is 1.85. The maximum absolute atomic E-state index is 12.1. The van der Waals surface area contributed by atoms with E-state index in [0.29, 0.717) is 20.9 Å². The van der Waals surface area contributed by atoms with E-state index in [0.717, 1.165) is 0 Å². The first-order valence-corrected chi connectivity index (χ1v) is 10.4. The first-order valence-electron chi connectivity index (χ1n) is 7.75. The number of esters is 1. The lowest BCUT2D eigenvalue weighted by Gasteiger charge is -2.11. The Bertz CT molecular complexity index is 983. The third-order valence-electron chi connectivity index (χ3n) is 3.31. The molecule has 2 aromatic rings. The number of sulfonamides is 1. The highest BCUT2D eigenvalue weighted by atomic mass is 79.9. The van der Waals surface area contributed by atoms with Crippen molar-refractivity contribution in [3.8, 4) is 5.75 Å². The van der Waals surface area contributed by atoms with Crippen LogP contribution < -0.4 is 14.8 Å². The van der Waals surface area contributed by atoms with Crippen molar-refractivity contribution in [2.75, 3.05) is 25.6 Å². The van der Waals surface area contributed by atoms with Crippen molar-refractivity contribution >= 4 is 55.1 Å². The standard InChI is InChI=1S/C17H16BrClN2O6S/c1-26-15-6-5-12(19)8-14(15)21-16(22)10-27-17(23)9-20-28(24,25)13-4-2-3-11(18)7-13/h2-8,20H,9-10H2,1H3,(H,21,22). The summed E-state index contributed by atoms with van der Waals surface area (Å²) in [4.78, 5) is 23.7. The molecule has 2 rings (SSSR count). The molecule has 2 N–H and O–H groups in total. The second-order valence-corrected chi connectivity index (χ2v) is 8.45. The van der Waals surface area contributed by atoms with Crippen molar-refractivity contribution in [3.63, 3.8) is 0 Å². The molecule has 0 radical (unpaired) electrons. The van der Waals surface area contributed by atoms with Gasteiger partial charge in [0.2, 0.25) is 10.0 Å². The van der Waals surface area contributed by atoms with Gasteiger partial charge >= 0.3 is 5.97 Å². The number of anilines is 1. The molecule has 0 aliphatic heterocycles. The maximum Gasteiger partial charge on any atom is 0.321 e. The van der Waals surface area contributed by atoms with Crippen molar-refractivity contribution in [2.24, 2.45) is 0 Å². The minimum Gasteiger partial charge on any atom is -0.495 e. The third kappa shape index (κ3) is 6.48. The minimum atomic E-state index is -3.89. The van der Waals surface area contributed by atoms with Gasteiger partial charge in [-0.1, -0.05) is 33.6 Å². The van der Waals surface area contributed by atoms with Crippen LogP contribution in [0.1, 0.15) is 0 Å². The normalized spacial score (nSPS) is 11.0. The predicted octanol–water partition coefficient (Wildman–Crippen LogP) is 2.57. The number of benzene rings is 2. The van der Waals surface area contributed by atoms with Gasteiger partial charge in [0.1, 0.15) is 12.3 Å². The molecule has 0 heterocycles. The van der Waals surface area contributed by atoms with Crippen molar-refractivity contribution in [1.82, 2.24) is 4.72 Å². The van der Waals surface area contributed by atoms with E-state index in [-0.39, 0.29) is 4.90 Å². The number of methoxy groups -OCH3 is 1. The van der Waals surface area contributed by atoms with E-state index in [4.69, 9.17) is 21.1 Å². The molecular formula is C17H16BrClN2O6S. The summed E-state index contributed by atoms with van der Waals surface area (Å²) in [5.74, 6) is -1.17. The van der Waals surface area contributed by atoms with E-state index >= 15 is 0 Å². The summed E-state index contributed by atoms with van der Waals surface area (Å²) < 4.78 is 36.8. The monoisotopic (exact) mass is 490 g/mol. The molecule has 0 unspecified atom stereocenters. The molecule has 28 heavy (non-hydrogen) atoms. The lowest BCUT2D eigenvalue weighted by molar-refractivity contribution is -0.146. The molecule has 8 nitrogen and oxygen atoms in total. The second-order valence-electron chi connectivity index (χ2n) is 5.34. The molecule has 0 saturated carbocycles. The number of carbonyl (C=O) groups is 2. The molecular weight excluding hydrogens is 476 g/mol. The van der Waals surface area contributed by atoms with E-state index in [1.54, 1.807) is 24.3 Å². The smallest absolute Gasteiger partial charge is 0.321 e. The molecule has 0 spiro atoms. The van der Waals surface area contributed by atoms with Crippen LogP contribution in [0.3, 0.4) is 0 Å². The molecule has 0 saturated heterocycles. The molecule has 0 aromatic heterocycles. The number of hydrogen-bond acceptors (Lipinski definition) is 6. The molecule has 0 bridgehead atoms. The van der Waals surface area contributed by atoms with Gasteiger partial charge in [0, 0.05) is 9.50 Å². The van der Waals surface area contributed by atoms with Gasteiger partial charge < -0.3 is 14.8 Å². The average molecular weight is 492 g/mol. The van der Waals surface area contributed by atoms with Crippen molar-refractivity contribution in [1.29, 1.82) is 0 Å². The van der Waals surface area contributed by atoms with Crippen LogP contribution in [0.4, 0.5) is 5.69 Å². The first kappa shape index (κ1) is 22.2. The predicted molar refractivity (Wildman–Crippen MR) is 107 cm³/mol. The number of amides is 1. The zero-order valence-electron chi connectivity index (χ0n) is 14.6. The molecule has 1 amide bonds. The highest BCUT2D eigenvalue weighted by Gasteiger charge is 2.17. The molecule has 0 aliphatic rings. The number of halogens is 2. The van der Waals surface area contributed by atoms with E-state index in [1.165, 1.54) is 25.3 Å². The number of rotatable bonds is 8. The summed E-state index contributed by atoms with van der Waals surface area (Å²) in [6, 6.07) is 10.6. The highest BCUT2D eigenvalue weighted by molar-refractivity contribution is 9.10. The number of nitrogens with one attached hydrogen (secondary N) is 2. The number of carbonyl (C=O) groups excluding carboxylic acids is 2. The van der Waals surface area contributed by atoms with Gasteiger partial charge in [0.05, 0.1) is 17.7 Å². The van der Waals surface area contributed by atoms with Crippen LogP contribution in [0, 0.1) is 0 Å². The molecule has 150 valence electrons. The Morgan fingerprint density at radius 3 is 2.61 bits per heavy atom. The summed E-state index contributed by atoms with van der Waals surface area (Å²) in [6.07, 6.45) is 0. The summed E-state index contributed by atoms with van der Waals surface area (Å²) in [6.45, 7) is -1.23. The molecule has 0 atom stereocenters. The summed E-state index contributed by atoms with van der Waals surface area (Å²) in [5, 5.41) is 2.88. The lowest BCUT2D eigenvalue weighted by Crippen LogP contribution is -2.32. The van der Waals surface area contributed by atoms with Crippen molar-refractivity contribution in [2.45, 2.75) is 4.90 Å². The zero-order valence-corrected chi connectivity index (χ0v) is 17.7. The Labute approximate surface area is 175 Å². The van der Waals surface area contributed by atoms with Crippen LogP contribution in [0.2, 0.25) is 5.02 Å². The molecule has 2 aromatic carbocycles. The quantitative estimate of drug-likeness (QED) is 0.549. The molecule has 0 aliphatic carbocycles. The van der Waals surface area contributed by atoms with Crippen LogP contribution >= 0.6 is 27.5 Å². The fourth-order valence-electron chi connectivity index (χ4n) is 2.03. The Morgan fingerprint density at radius 1 is 1.18 bits per heavy atom. The van der Waals surface area contributed by atoms with Gasteiger partial charge in [-0.15, -0.1) is 0 Å². The molecule has 0 fully saturated rings. The van der Waals surface area contributed by atoms with Gasteiger partial charge in [-0.25, -0.2) is 8.42 Å². The van der Waals surface area contributed by atoms with Crippen molar-refractivity contribution in [3.05, 3.63) is 52.0 Å². The van der Waals surface area contributed by atoms with E-state index < -0.39 is 35.1 Å². The van der Waals surface area contributed by atoms with Gasteiger partial charge in [-0.3, -0.25) is 9.59 Å². The summed E-state index contributed by atoms with van der Waals surface area (Å²) in [7, 11) is -2.46. The van der Waals surface area contributed by atoms with Crippen LogP contribution in [0.5, 0.6) is 5.75 Å². The van der Waals surface area contributed by atoms with Crippen LogP contribution in [-0.2, 0) is 24.3 Å². The average Bonchev–Trinajstić information content (AvgIpc) is 2.65. The van der Waals surface area contributed by atoms with Crippen LogP contribution in [0.25, 0.3) is 0 Å². The lowest BCUT2D eigenvalue weighted by atomic mass is 10.3. The first-order chi connectivity index (χ1) is 13.2. The summed E-state index contributed by atoms with van der Waals surface area (Å²) >= 11 is 9.04. The fraction of sp³-hybridized carbons (Fsp3) is 0.176. The van der Waals surface area contributed by atoms with Crippen molar-refractivity contribution < 1.29 is 27.5 Å². The van der Waals surface area contributed by atoms with Crippen LogP contribution in [0.15, 0.2) is 51.8 Å². The Hall–Kier alpha value is -2.14. The largest absolute Gasteiger partial charge is 0.495 e.